The molecule has 1 aliphatic rings. The molecule has 0 saturated heterocycles. The number of benzene rings is 1. The summed E-state index contributed by atoms with van der Waals surface area (Å²) in [5.74, 6) is 1.41. The Hall–Kier alpha value is -2.63. The fourth-order valence-electron chi connectivity index (χ4n) is 3.21. The molecule has 1 atom stereocenters. The molecular weight excluding hydrogens is 454 g/mol. The van der Waals surface area contributed by atoms with E-state index in [1.807, 2.05) is 35.7 Å². The van der Waals surface area contributed by atoms with E-state index < -0.39 is 0 Å². The minimum Gasteiger partial charge on any atom is -0.493 e. The predicted molar refractivity (Wildman–Crippen MR) is 125 cm³/mol. The van der Waals surface area contributed by atoms with Crippen LogP contribution in [-0.4, -0.2) is 53.8 Å². The summed E-state index contributed by atoms with van der Waals surface area (Å²) in [6.07, 6.45) is 0.634. The quantitative estimate of drug-likeness (QED) is 0.490. The fourth-order valence-corrected chi connectivity index (χ4v) is 5.49. The van der Waals surface area contributed by atoms with E-state index in [4.69, 9.17) is 14.6 Å². The maximum Gasteiger partial charge on any atom is 0.253 e. The summed E-state index contributed by atoms with van der Waals surface area (Å²) in [6, 6.07) is 9.52. The van der Waals surface area contributed by atoms with E-state index in [0.29, 0.717) is 17.9 Å². The Morgan fingerprint density at radius 3 is 2.77 bits per heavy atom. The van der Waals surface area contributed by atoms with Crippen molar-refractivity contribution in [3.8, 4) is 11.5 Å². The van der Waals surface area contributed by atoms with Crippen LogP contribution in [0.3, 0.4) is 0 Å². The van der Waals surface area contributed by atoms with Crippen molar-refractivity contribution in [1.29, 1.82) is 0 Å². The second kappa shape index (κ2) is 9.67. The number of ether oxygens (including phenoxy) is 2. The van der Waals surface area contributed by atoms with Gasteiger partial charge in [-0.15, -0.1) is 21.5 Å². The summed E-state index contributed by atoms with van der Waals surface area (Å²) in [7, 11) is 4.99. The van der Waals surface area contributed by atoms with Gasteiger partial charge in [0.05, 0.1) is 36.6 Å². The highest BCUT2D eigenvalue weighted by atomic mass is 32.2. The molecule has 162 valence electrons. The Morgan fingerprint density at radius 2 is 2.10 bits per heavy atom. The first-order chi connectivity index (χ1) is 15.1. The molecule has 1 aliphatic heterocycles. The number of methoxy groups -OCH3 is 2. The lowest BCUT2D eigenvalue weighted by Gasteiger charge is -2.22. The number of aromatic nitrogens is 2. The summed E-state index contributed by atoms with van der Waals surface area (Å²) >= 11 is 4.40. The van der Waals surface area contributed by atoms with Gasteiger partial charge in [-0.3, -0.25) is 4.79 Å². The number of hydrogen-bond acceptors (Lipinski definition) is 10. The van der Waals surface area contributed by atoms with E-state index in [0.717, 1.165) is 25.6 Å². The highest BCUT2D eigenvalue weighted by Crippen LogP contribution is 2.38. The van der Waals surface area contributed by atoms with Gasteiger partial charge in [-0.2, -0.15) is 5.10 Å². The number of anilines is 1. The van der Waals surface area contributed by atoms with Crippen LogP contribution in [0.2, 0.25) is 0 Å². The van der Waals surface area contributed by atoms with Gasteiger partial charge in [0.1, 0.15) is 0 Å². The first kappa shape index (κ1) is 21.6. The Balaban J connectivity index is 1.58. The fraction of sp³-hybridized carbons (Fsp3) is 0.300. The number of carbonyl (C=O) groups is 1. The summed E-state index contributed by atoms with van der Waals surface area (Å²) in [5.41, 5.74) is 1.85. The topological polar surface area (TPSA) is 88.9 Å². The number of nitrogens with one attached hydrogen (secondary N) is 1. The number of nitrogens with zero attached hydrogens (tertiary/aromatic N) is 4. The van der Waals surface area contributed by atoms with Crippen molar-refractivity contribution in [1.82, 2.24) is 15.2 Å². The molecule has 0 radical (unpaired) electrons. The maximum absolute atomic E-state index is 13.2. The van der Waals surface area contributed by atoms with Gasteiger partial charge >= 0.3 is 0 Å². The first-order valence-corrected chi connectivity index (χ1v) is 12.1. The zero-order chi connectivity index (χ0) is 21.8. The third kappa shape index (κ3) is 4.68. The Kier molecular flexibility index (Phi) is 6.73. The highest BCUT2D eigenvalue weighted by molar-refractivity contribution is 8.01. The molecule has 1 amide bonds. The summed E-state index contributed by atoms with van der Waals surface area (Å²) < 4.78 is 11.6. The third-order valence-electron chi connectivity index (χ3n) is 4.70. The number of thiophene rings is 1. The van der Waals surface area contributed by atoms with E-state index in [1.165, 1.54) is 23.1 Å². The zero-order valence-corrected chi connectivity index (χ0v) is 19.6. The molecular formula is C20H21N5O3S3. The number of carbonyl (C=O) groups excluding carboxylic acids is 1. The van der Waals surface area contributed by atoms with Gasteiger partial charge in [-0.25, -0.2) is 5.01 Å². The van der Waals surface area contributed by atoms with Gasteiger partial charge in [0.25, 0.3) is 5.91 Å². The molecule has 1 unspecified atom stereocenters. The van der Waals surface area contributed by atoms with Crippen LogP contribution in [0, 0.1) is 0 Å². The molecule has 1 aromatic carbocycles. The second-order valence-electron chi connectivity index (χ2n) is 6.51. The van der Waals surface area contributed by atoms with Crippen LogP contribution in [0.4, 0.5) is 5.13 Å². The monoisotopic (exact) mass is 475 g/mol. The summed E-state index contributed by atoms with van der Waals surface area (Å²) in [5, 5.41) is 20.1. The van der Waals surface area contributed by atoms with Crippen LogP contribution in [0.5, 0.6) is 11.5 Å². The smallest absolute Gasteiger partial charge is 0.253 e. The maximum atomic E-state index is 13.2. The van der Waals surface area contributed by atoms with E-state index in [2.05, 4.69) is 15.5 Å². The van der Waals surface area contributed by atoms with Gasteiger partial charge in [0.15, 0.2) is 15.8 Å². The average Bonchev–Trinajstić information content (AvgIpc) is 3.56. The molecule has 0 spiro atoms. The number of hydrogen-bond donors (Lipinski definition) is 1. The molecule has 8 nitrogen and oxygen atoms in total. The van der Waals surface area contributed by atoms with Crippen molar-refractivity contribution in [3.63, 3.8) is 0 Å². The molecule has 11 heteroatoms. The van der Waals surface area contributed by atoms with Crippen molar-refractivity contribution < 1.29 is 14.3 Å². The predicted octanol–water partition coefficient (Wildman–Crippen LogP) is 4.13. The van der Waals surface area contributed by atoms with Crippen molar-refractivity contribution in [2.24, 2.45) is 5.10 Å². The van der Waals surface area contributed by atoms with Crippen LogP contribution < -0.4 is 14.8 Å². The number of hydrazone groups is 1. The lowest BCUT2D eigenvalue weighted by atomic mass is 10.0. The summed E-state index contributed by atoms with van der Waals surface area (Å²) in [4.78, 5) is 14.2. The minimum atomic E-state index is -0.215. The molecule has 0 bridgehead atoms. The van der Waals surface area contributed by atoms with Crippen LogP contribution in [0.1, 0.15) is 22.9 Å². The SMILES string of the molecule is CNc1nnc(SCC(=O)N2N=C(c3cccs3)CC2c2ccc(OC)c(OC)c2)s1. The molecule has 3 heterocycles. The van der Waals surface area contributed by atoms with Gasteiger partial charge in [0.2, 0.25) is 5.13 Å². The van der Waals surface area contributed by atoms with E-state index in [-0.39, 0.29) is 17.7 Å². The largest absolute Gasteiger partial charge is 0.493 e. The first-order valence-electron chi connectivity index (χ1n) is 9.42. The minimum absolute atomic E-state index is 0.0856. The average molecular weight is 476 g/mol. The van der Waals surface area contributed by atoms with Crippen LogP contribution in [0.15, 0.2) is 45.2 Å². The van der Waals surface area contributed by atoms with Gasteiger partial charge in [0, 0.05) is 13.5 Å². The lowest BCUT2D eigenvalue weighted by molar-refractivity contribution is -0.130. The Labute approximate surface area is 192 Å². The highest BCUT2D eigenvalue weighted by Gasteiger charge is 2.34. The lowest BCUT2D eigenvalue weighted by Crippen LogP contribution is -2.28. The van der Waals surface area contributed by atoms with E-state index in [1.54, 1.807) is 37.6 Å². The van der Waals surface area contributed by atoms with Crippen LogP contribution in [0.25, 0.3) is 0 Å². The van der Waals surface area contributed by atoms with E-state index >= 15 is 0 Å². The van der Waals surface area contributed by atoms with Gasteiger partial charge < -0.3 is 14.8 Å². The van der Waals surface area contributed by atoms with Crippen molar-refractivity contribution in [3.05, 3.63) is 46.2 Å². The second-order valence-corrected chi connectivity index (χ2v) is 9.66. The molecule has 0 aliphatic carbocycles. The normalized spacial score (nSPS) is 15.6. The van der Waals surface area contributed by atoms with Crippen molar-refractivity contribution in [2.75, 3.05) is 32.3 Å². The van der Waals surface area contributed by atoms with E-state index in [9.17, 15) is 4.79 Å². The molecule has 1 N–H and O–H groups in total. The number of rotatable bonds is 8. The third-order valence-corrected chi connectivity index (χ3v) is 7.68. The summed E-state index contributed by atoms with van der Waals surface area (Å²) in [6.45, 7) is 0. The zero-order valence-electron chi connectivity index (χ0n) is 17.2. The Morgan fingerprint density at radius 1 is 1.26 bits per heavy atom. The molecule has 3 aromatic rings. The van der Waals surface area contributed by atoms with Crippen LogP contribution >= 0.6 is 34.4 Å². The Bertz CT molecular complexity index is 1080. The van der Waals surface area contributed by atoms with Crippen molar-refractivity contribution >= 4 is 51.2 Å². The van der Waals surface area contributed by atoms with Gasteiger partial charge in [-0.1, -0.05) is 35.2 Å². The molecule has 2 aromatic heterocycles. The molecule has 31 heavy (non-hydrogen) atoms. The van der Waals surface area contributed by atoms with Gasteiger partial charge in [-0.05, 0) is 29.1 Å². The standard InChI is InChI=1S/C20H21N5O3S3/c1-21-19-22-23-20(31-19)30-11-18(26)25-14(10-13(24-25)17-5-4-8-29-17)12-6-7-15(27-2)16(9-12)28-3/h4-9,14H,10-11H2,1-3H3,(H,21,22). The molecule has 0 saturated carbocycles. The molecule has 4 rings (SSSR count). The number of thioether (sulfide) groups is 1. The number of amides is 1. The molecule has 0 fully saturated rings. The van der Waals surface area contributed by atoms with Crippen molar-refractivity contribution in [2.45, 2.75) is 16.8 Å². The van der Waals surface area contributed by atoms with Crippen LogP contribution in [-0.2, 0) is 4.79 Å².